The molecule has 0 amide bonds. The summed E-state index contributed by atoms with van der Waals surface area (Å²) in [5.74, 6) is 2.38. The Morgan fingerprint density at radius 3 is 2.12 bits per heavy atom. The number of ether oxygens (including phenoxy) is 2. The molecule has 0 atom stereocenters. The van der Waals surface area contributed by atoms with E-state index in [4.69, 9.17) is 21.1 Å². The van der Waals surface area contributed by atoms with E-state index >= 15 is 0 Å². The van der Waals surface area contributed by atoms with Crippen LogP contribution in [0.15, 0.2) is 66.9 Å². The van der Waals surface area contributed by atoms with Crippen LogP contribution in [-0.2, 0) is 6.54 Å². The third-order valence-corrected chi connectivity index (χ3v) is 3.20. The van der Waals surface area contributed by atoms with Gasteiger partial charge in [-0.05, 0) is 42.5 Å². The molecule has 0 aliphatic heterocycles. The Morgan fingerprint density at radius 1 is 0.875 bits per heavy atom. The van der Waals surface area contributed by atoms with Crippen LogP contribution >= 0.6 is 11.6 Å². The van der Waals surface area contributed by atoms with E-state index in [2.05, 4.69) is 5.10 Å². The minimum Gasteiger partial charge on any atom is -0.492 e. The van der Waals surface area contributed by atoms with Crippen molar-refractivity contribution in [2.75, 3.05) is 6.61 Å². The molecule has 0 fully saturated rings. The molecule has 0 saturated heterocycles. The molecule has 0 aliphatic rings. The number of nitrogens with zero attached hydrogens (tertiary/aromatic N) is 2. The summed E-state index contributed by atoms with van der Waals surface area (Å²) in [4.78, 5) is 0. The molecule has 1 heterocycles. The summed E-state index contributed by atoms with van der Waals surface area (Å²) in [6.07, 6.45) is 1.82. The highest BCUT2D eigenvalue weighted by atomic mass is 35.5. The van der Waals surface area contributed by atoms with Gasteiger partial charge in [0.25, 0.3) is 0 Å². The number of para-hydroxylation sites is 1. The number of aromatic nitrogens is 2. The molecule has 24 heavy (non-hydrogen) atoms. The first kappa shape index (κ1) is 17.9. The molecule has 0 saturated carbocycles. The smallest absolute Gasteiger partial charge is 0.151 e. The maximum atomic E-state index is 5.75. The van der Waals surface area contributed by atoms with Gasteiger partial charge in [-0.2, -0.15) is 5.10 Å². The fourth-order valence-electron chi connectivity index (χ4n) is 1.95. The number of benzene rings is 2. The van der Waals surface area contributed by atoms with E-state index < -0.39 is 0 Å². The average molecular weight is 345 g/mol. The third kappa shape index (κ3) is 5.63. The van der Waals surface area contributed by atoms with Crippen LogP contribution in [-0.4, -0.2) is 16.4 Å². The van der Waals surface area contributed by atoms with Crippen molar-refractivity contribution in [3.8, 4) is 17.2 Å². The second-order valence-electron chi connectivity index (χ2n) is 4.64. The highest BCUT2D eigenvalue weighted by molar-refractivity contribution is 6.29. The molecule has 0 bridgehead atoms. The third-order valence-electron chi connectivity index (χ3n) is 3.00. The molecule has 3 aromatic rings. The second kappa shape index (κ2) is 9.63. The lowest BCUT2D eigenvalue weighted by atomic mass is 10.3. The lowest BCUT2D eigenvalue weighted by Gasteiger charge is -2.08. The van der Waals surface area contributed by atoms with Crippen LogP contribution in [0.1, 0.15) is 13.8 Å². The molecule has 4 nitrogen and oxygen atoms in total. The van der Waals surface area contributed by atoms with Gasteiger partial charge in [0.15, 0.2) is 5.15 Å². The Hall–Kier alpha value is -2.46. The standard InChI is InChI=1S/C17H15ClN2O2.C2H6/c18-17-10-11-20(19-17)12-13-21-14-6-8-16(9-7-14)22-15-4-2-1-3-5-15;1-2/h1-11H,12-13H2;1-2H3. The lowest BCUT2D eigenvalue weighted by Crippen LogP contribution is -2.08. The van der Waals surface area contributed by atoms with Gasteiger partial charge >= 0.3 is 0 Å². The topological polar surface area (TPSA) is 36.3 Å². The van der Waals surface area contributed by atoms with E-state index in [1.165, 1.54) is 0 Å². The number of halogens is 1. The number of rotatable bonds is 6. The molecule has 1 aromatic heterocycles. The normalized spacial score (nSPS) is 9.79. The molecule has 0 radical (unpaired) electrons. The first-order valence-electron chi connectivity index (χ1n) is 7.94. The van der Waals surface area contributed by atoms with Crippen molar-refractivity contribution in [2.45, 2.75) is 20.4 Å². The summed E-state index contributed by atoms with van der Waals surface area (Å²) < 4.78 is 13.1. The van der Waals surface area contributed by atoms with Crippen molar-refractivity contribution in [3.63, 3.8) is 0 Å². The maximum Gasteiger partial charge on any atom is 0.151 e. The predicted octanol–water partition coefficient (Wildman–Crippen LogP) is 5.43. The van der Waals surface area contributed by atoms with Crippen molar-refractivity contribution in [1.82, 2.24) is 9.78 Å². The van der Waals surface area contributed by atoms with Crippen LogP contribution in [0, 0.1) is 0 Å². The highest BCUT2D eigenvalue weighted by Gasteiger charge is 1.99. The SMILES string of the molecule is CC.Clc1ccn(CCOc2ccc(Oc3ccccc3)cc2)n1. The van der Waals surface area contributed by atoms with Gasteiger partial charge < -0.3 is 9.47 Å². The monoisotopic (exact) mass is 344 g/mol. The molecule has 3 rings (SSSR count). The van der Waals surface area contributed by atoms with Gasteiger partial charge in [-0.15, -0.1) is 0 Å². The zero-order valence-electron chi connectivity index (χ0n) is 13.9. The van der Waals surface area contributed by atoms with Gasteiger partial charge in [0, 0.05) is 6.20 Å². The molecular weight excluding hydrogens is 324 g/mol. The zero-order valence-corrected chi connectivity index (χ0v) is 14.6. The van der Waals surface area contributed by atoms with Gasteiger partial charge in [-0.3, -0.25) is 4.68 Å². The summed E-state index contributed by atoms with van der Waals surface area (Å²) in [7, 11) is 0. The van der Waals surface area contributed by atoms with Gasteiger partial charge in [0.05, 0.1) is 6.54 Å². The maximum absolute atomic E-state index is 5.75. The van der Waals surface area contributed by atoms with E-state index in [-0.39, 0.29) is 0 Å². The first-order chi connectivity index (χ1) is 11.8. The van der Waals surface area contributed by atoms with Crippen molar-refractivity contribution < 1.29 is 9.47 Å². The van der Waals surface area contributed by atoms with Crippen LogP contribution in [0.5, 0.6) is 17.2 Å². The molecule has 126 valence electrons. The number of hydrogen-bond acceptors (Lipinski definition) is 3. The Balaban J connectivity index is 0.00000100. The van der Waals surface area contributed by atoms with Crippen molar-refractivity contribution in [2.24, 2.45) is 0 Å². The van der Waals surface area contributed by atoms with E-state index in [0.29, 0.717) is 18.3 Å². The minimum absolute atomic E-state index is 0.488. The zero-order chi connectivity index (χ0) is 17.2. The van der Waals surface area contributed by atoms with E-state index in [1.807, 2.05) is 74.6 Å². The largest absolute Gasteiger partial charge is 0.492 e. The predicted molar refractivity (Wildman–Crippen MR) is 97.0 cm³/mol. The average Bonchev–Trinajstić information content (AvgIpc) is 3.04. The molecule has 5 heteroatoms. The fraction of sp³-hybridized carbons (Fsp3) is 0.211. The quantitative estimate of drug-likeness (QED) is 0.597. The molecule has 0 N–H and O–H groups in total. The molecule has 2 aromatic carbocycles. The van der Waals surface area contributed by atoms with Crippen molar-refractivity contribution >= 4 is 11.6 Å². The summed E-state index contributed by atoms with van der Waals surface area (Å²) in [6, 6.07) is 18.9. The van der Waals surface area contributed by atoms with Crippen LogP contribution < -0.4 is 9.47 Å². The highest BCUT2D eigenvalue weighted by Crippen LogP contribution is 2.23. The molecular formula is C19H21ClN2O2. The minimum atomic E-state index is 0.488. The molecule has 0 unspecified atom stereocenters. The Labute approximate surface area is 147 Å². The van der Waals surface area contributed by atoms with Crippen LogP contribution in [0.25, 0.3) is 0 Å². The van der Waals surface area contributed by atoms with E-state index in [0.717, 1.165) is 17.2 Å². The van der Waals surface area contributed by atoms with Gasteiger partial charge in [0.1, 0.15) is 23.9 Å². The van der Waals surface area contributed by atoms with Gasteiger partial charge in [-0.1, -0.05) is 43.6 Å². The molecule has 0 aliphatic carbocycles. The Bertz CT molecular complexity index is 712. The van der Waals surface area contributed by atoms with Gasteiger partial charge in [-0.25, -0.2) is 0 Å². The van der Waals surface area contributed by atoms with E-state index in [9.17, 15) is 0 Å². The lowest BCUT2D eigenvalue weighted by molar-refractivity contribution is 0.291. The van der Waals surface area contributed by atoms with Crippen LogP contribution in [0.3, 0.4) is 0 Å². The van der Waals surface area contributed by atoms with E-state index in [1.54, 1.807) is 10.7 Å². The van der Waals surface area contributed by atoms with Crippen LogP contribution in [0.2, 0.25) is 5.15 Å². The van der Waals surface area contributed by atoms with Crippen LogP contribution in [0.4, 0.5) is 0 Å². The summed E-state index contributed by atoms with van der Waals surface area (Å²) >= 11 is 5.75. The Kier molecular flexibility index (Phi) is 7.18. The second-order valence-corrected chi connectivity index (χ2v) is 5.02. The first-order valence-corrected chi connectivity index (χ1v) is 8.32. The van der Waals surface area contributed by atoms with Crippen molar-refractivity contribution in [1.29, 1.82) is 0 Å². The van der Waals surface area contributed by atoms with Gasteiger partial charge in [0.2, 0.25) is 0 Å². The fourth-order valence-corrected chi connectivity index (χ4v) is 2.10. The summed E-state index contributed by atoms with van der Waals surface area (Å²) in [5, 5.41) is 4.57. The molecule has 0 spiro atoms. The Morgan fingerprint density at radius 2 is 1.50 bits per heavy atom. The number of hydrogen-bond donors (Lipinski definition) is 0. The summed E-state index contributed by atoms with van der Waals surface area (Å²) in [5.41, 5.74) is 0. The summed E-state index contributed by atoms with van der Waals surface area (Å²) in [6.45, 7) is 5.17. The van der Waals surface area contributed by atoms with Crippen molar-refractivity contribution in [3.05, 3.63) is 72.0 Å².